The Morgan fingerprint density at radius 2 is 2.10 bits per heavy atom. The van der Waals surface area contributed by atoms with Crippen molar-refractivity contribution < 1.29 is 14.9 Å². The Labute approximate surface area is 64.6 Å². The summed E-state index contributed by atoms with van der Waals surface area (Å²) in [6.07, 6.45) is -0.672. The van der Waals surface area contributed by atoms with Gasteiger partial charge >= 0.3 is 0 Å². The summed E-state index contributed by atoms with van der Waals surface area (Å²) in [7, 11) is 0. The van der Waals surface area contributed by atoms with Crippen LogP contribution in [0.4, 0.5) is 0 Å². The predicted octanol–water partition coefficient (Wildman–Crippen LogP) is 0.0835. The van der Waals surface area contributed by atoms with Crippen LogP contribution in [0.5, 0.6) is 0 Å². The lowest BCUT2D eigenvalue weighted by molar-refractivity contribution is -0.182. The predicted molar refractivity (Wildman–Crippen MR) is 36.8 cm³/mol. The zero-order chi connectivity index (χ0) is 7.56. The summed E-state index contributed by atoms with van der Waals surface area (Å²) in [6.45, 7) is 0. The van der Waals surface area contributed by atoms with E-state index < -0.39 is 12.4 Å². The van der Waals surface area contributed by atoms with Crippen LogP contribution in [-0.4, -0.2) is 34.6 Å². The van der Waals surface area contributed by atoms with Gasteiger partial charge in [0.05, 0.1) is 12.2 Å². The monoisotopic (exact) mass is 166 g/mol. The van der Waals surface area contributed by atoms with Crippen molar-refractivity contribution in [1.82, 2.24) is 0 Å². The molecule has 60 valence electrons. The van der Waals surface area contributed by atoms with Crippen LogP contribution in [-0.2, 0) is 4.74 Å². The molecule has 0 aromatic heterocycles. The smallest absolute Gasteiger partial charge is 0.157 e. The van der Waals surface area contributed by atoms with Crippen LogP contribution in [0.2, 0.25) is 0 Å². The summed E-state index contributed by atoms with van der Waals surface area (Å²) < 4.78 is 4.97. The van der Waals surface area contributed by atoms with Gasteiger partial charge in [-0.1, -0.05) is 0 Å². The van der Waals surface area contributed by atoms with Gasteiger partial charge < -0.3 is 14.9 Å². The van der Waals surface area contributed by atoms with Crippen LogP contribution in [0, 0.1) is 0 Å². The number of aliphatic hydroxyl groups excluding tert-OH is 2. The maximum Gasteiger partial charge on any atom is 0.157 e. The average Bonchev–Trinajstić information content (AvgIpc) is 1.85. The molecule has 0 aromatic rings. The molecule has 0 aromatic carbocycles. The molecule has 2 N–H and O–H groups in total. The second-order valence-corrected chi connectivity index (χ2v) is 2.80. The molecule has 0 amide bonds. The molecule has 3 atom stereocenters. The number of hydrogen-bond acceptors (Lipinski definition) is 3. The molecule has 0 spiro atoms. The molecule has 0 saturated carbocycles. The highest BCUT2D eigenvalue weighted by Gasteiger charge is 2.25. The van der Waals surface area contributed by atoms with Gasteiger partial charge in [-0.05, 0) is 0 Å². The van der Waals surface area contributed by atoms with Crippen LogP contribution in [0.1, 0.15) is 12.8 Å². The number of ether oxygens (including phenoxy) is 1. The molecule has 4 heteroatoms. The molecule has 1 aliphatic rings. The van der Waals surface area contributed by atoms with Crippen LogP contribution in [0.15, 0.2) is 0 Å². The van der Waals surface area contributed by atoms with E-state index in [2.05, 4.69) is 0 Å². The van der Waals surface area contributed by atoms with Crippen molar-refractivity contribution >= 4 is 11.6 Å². The van der Waals surface area contributed by atoms with E-state index in [4.69, 9.17) is 26.6 Å². The van der Waals surface area contributed by atoms with Crippen molar-refractivity contribution in [2.45, 2.75) is 31.3 Å². The lowest BCUT2D eigenvalue weighted by Gasteiger charge is -2.28. The number of aliphatic hydroxyl groups is 2. The SMILES string of the molecule is OC1C[C@H](O)CC(CCl)O1. The molecule has 1 heterocycles. The molecule has 0 bridgehead atoms. The zero-order valence-electron chi connectivity index (χ0n) is 5.53. The molecule has 1 fully saturated rings. The van der Waals surface area contributed by atoms with E-state index in [1.807, 2.05) is 0 Å². The van der Waals surface area contributed by atoms with Crippen molar-refractivity contribution in [3.63, 3.8) is 0 Å². The highest BCUT2D eigenvalue weighted by atomic mass is 35.5. The second kappa shape index (κ2) is 3.53. The van der Waals surface area contributed by atoms with Crippen molar-refractivity contribution in [1.29, 1.82) is 0 Å². The Bertz CT molecular complexity index is 99.2. The van der Waals surface area contributed by atoms with E-state index in [-0.39, 0.29) is 6.10 Å². The first-order valence-corrected chi connectivity index (χ1v) is 3.83. The average molecular weight is 167 g/mol. The molecular formula is C6H11ClO3. The Kier molecular flexibility index (Phi) is 2.92. The maximum atomic E-state index is 9.08. The van der Waals surface area contributed by atoms with Crippen molar-refractivity contribution in [3.8, 4) is 0 Å². The molecule has 0 aliphatic carbocycles. The van der Waals surface area contributed by atoms with Gasteiger partial charge in [0.25, 0.3) is 0 Å². The fourth-order valence-corrected chi connectivity index (χ4v) is 1.26. The van der Waals surface area contributed by atoms with Gasteiger partial charge in [-0.15, -0.1) is 11.6 Å². The molecule has 3 nitrogen and oxygen atoms in total. The number of rotatable bonds is 1. The minimum absolute atomic E-state index is 0.194. The number of hydrogen-bond donors (Lipinski definition) is 2. The Hall–Kier alpha value is 0.170. The zero-order valence-corrected chi connectivity index (χ0v) is 6.29. The van der Waals surface area contributed by atoms with E-state index in [0.29, 0.717) is 18.7 Å². The highest BCUT2D eigenvalue weighted by Crippen LogP contribution is 2.18. The standard InChI is InChI=1S/C6H11ClO3/c7-3-5-1-4(8)2-6(9)10-5/h4-6,8-9H,1-3H2/t4-,5?,6?/m1/s1. The first kappa shape index (κ1) is 8.27. The van der Waals surface area contributed by atoms with Gasteiger partial charge in [0, 0.05) is 18.7 Å². The summed E-state index contributed by atoms with van der Waals surface area (Å²) in [6, 6.07) is 0. The molecule has 1 aliphatic heterocycles. The van der Waals surface area contributed by atoms with E-state index in [1.165, 1.54) is 0 Å². The molecule has 0 radical (unpaired) electrons. The van der Waals surface area contributed by atoms with Gasteiger partial charge in [0.15, 0.2) is 6.29 Å². The summed E-state index contributed by atoms with van der Waals surface area (Å²) >= 11 is 5.46. The van der Waals surface area contributed by atoms with Crippen molar-refractivity contribution in [2.75, 3.05) is 5.88 Å². The first-order valence-electron chi connectivity index (χ1n) is 3.30. The van der Waals surface area contributed by atoms with Crippen LogP contribution < -0.4 is 0 Å². The summed E-state index contributed by atoms with van der Waals surface area (Å²) in [5, 5.41) is 18.0. The van der Waals surface area contributed by atoms with E-state index >= 15 is 0 Å². The maximum absolute atomic E-state index is 9.08. The van der Waals surface area contributed by atoms with E-state index in [1.54, 1.807) is 0 Å². The molecule has 1 rings (SSSR count). The van der Waals surface area contributed by atoms with Crippen LogP contribution in [0.3, 0.4) is 0 Å². The minimum atomic E-state index is -0.840. The number of alkyl halides is 1. The van der Waals surface area contributed by atoms with Gasteiger partial charge in [0.2, 0.25) is 0 Å². The lowest BCUT2D eigenvalue weighted by atomic mass is 10.1. The second-order valence-electron chi connectivity index (χ2n) is 2.49. The summed E-state index contributed by atoms with van der Waals surface area (Å²) in [5.74, 6) is 0.328. The van der Waals surface area contributed by atoms with E-state index in [0.717, 1.165) is 0 Å². The quantitative estimate of drug-likeness (QED) is 0.543. The highest BCUT2D eigenvalue weighted by molar-refractivity contribution is 6.18. The largest absolute Gasteiger partial charge is 0.393 e. The fraction of sp³-hybridized carbons (Fsp3) is 1.00. The summed E-state index contributed by atoms with van der Waals surface area (Å²) in [5.41, 5.74) is 0. The molecule has 10 heavy (non-hydrogen) atoms. The molecule has 1 saturated heterocycles. The van der Waals surface area contributed by atoms with Gasteiger partial charge in [-0.3, -0.25) is 0 Å². The van der Waals surface area contributed by atoms with Gasteiger partial charge in [-0.2, -0.15) is 0 Å². The Morgan fingerprint density at radius 3 is 2.60 bits per heavy atom. The first-order chi connectivity index (χ1) is 4.72. The lowest BCUT2D eigenvalue weighted by Crippen LogP contribution is -2.36. The Morgan fingerprint density at radius 1 is 1.40 bits per heavy atom. The number of halogens is 1. The summed E-state index contributed by atoms with van der Waals surface area (Å²) in [4.78, 5) is 0. The molecular weight excluding hydrogens is 156 g/mol. The third-order valence-corrected chi connectivity index (χ3v) is 1.87. The van der Waals surface area contributed by atoms with Gasteiger partial charge in [0.1, 0.15) is 0 Å². The molecule has 2 unspecified atom stereocenters. The van der Waals surface area contributed by atoms with E-state index in [9.17, 15) is 0 Å². The Balaban J connectivity index is 2.35. The minimum Gasteiger partial charge on any atom is -0.393 e. The van der Waals surface area contributed by atoms with Crippen molar-refractivity contribution in [2.24, 2.45) is 0 Å². The van der Waals surface area contributed by atoms with Crippen molar-refractivity contribution in [3.05, 3.63) is 0 Å². The van der Waals surface area contributed by atoms with Crippen LogP contribution >= 0.6 is 11.6 Å². The third kappa shape index (κ3) is 2.09. The van der Waals surface area contributed by atoms with Gasteiger partial charge in [-0.25, -0.2) is 0 Å². The fourth-order valence-electron chi connectivity index (χ4n) is 1.07. The topological polar surface area (TPSA) is 49.7 Å². The normalized spacial score (nSPS) is 41.7. The van der Waals surface area contributed by atoms with Crippen LogP contribution in [0.25, 0.3) is 0 Å². The third-order valence-electron chi connectivity index (χ3n) is 1.53.